The standard InChI is InChI=1S/C18H13F2N5O2/c1-26-10-15-16(22-24-25(15)14-9-5-4-8-13(14)20)18-21-17(23-27-18)11-6-2-3-7-12(11)19/h2-9H,10H2,1H3. The number of methoxy groups -OCH3 is 1. The zero-order valence-electron chi connectivity index (χ0n) is 14.1. The van der Waals surface area contributed by atoms with Crippen LogP contribution < -0.4 is 0 Å². The molecule has 0 unspecified atom stereocenters. The molecule has 0 N–H and O–H groups in total. The third kappa shape index (κ3) is 3.08. The summed E-state index contributed by atoms with van der Waals surface area (Å²) in [4.78, 5) is 4.20. The van der Waals surface area contributed by atoms with Gasteiger partial charge in [0.25, 0.3) is 5.89 Å². The minimum absolute atomic E-state index is 0.0305. The van der Waals surface area contributed by atoms with Gasteiger partial charge in [0.1, 0.15) is 23.0 Å². The molecular formula is C18H13F2N5O2. The molecule has 0 aliphatic rings. The Morgan fingerprint density at radius 1 is 1.04 bits per heavy atom. The van der Waals surface area contributed by atoms with Crippen LogP contribution in [0.15, 0.2) is 53.1 Å². The summed E-state index contributed by atoms with van der Waals surface area (Å²) in [6, 6.07) is 12.2. The highest BCUT2D eigenvalue weighted by atomic mass is 19.1. The number of halogens is 2. The minimum Gasteiger partial charge on any atom is -0.378 e. The third-order valence-corrected chi connectivity index (χ3v) is 3.87. The van der Waals surface area contributed by atoms with Crippen LogP contribution in [0.3, 0.4) is 0 Å². The summed E-state index contributed by atoms with van der Waals surface area (Å²) < 4.78 is 39.8. The van der Waals surface area contributed by atoms with E-state index in [2.05, 4.69) is 20.5 Å². The van der Waals surface area contributed by atoms with Gasteiger partial charge in [-0.15, -0.1) is 5.10 Å². The first-order valence-electron chi connectivity index (χ1n) is 7.96. The van der Waals surface area contributed by atoms with Gasteiger partial charge in [-0.25, -0.2) is 13.5 Å². The second-order valence-electron chi connectivity index (χ2n) is 5.58. The Morgan fingerprint density at radius 2 is 1.78 bits per heavy atom. The number of para-hydroxylation sites is 1. The van der Waals surface area contributed by atoms with E-state index in [0.29, 0.717) is 5.69 Å². The van der Waals surface area contributed by atoms with Crippen LogP contribution >= 0.6 is 0 Å². The minimum atomic E-state index is -0.475. The molecule has 136 valence electrons. The van der Waals surface area contributed by atoms with Crippen molar-refractivity contribution in [2.24, 2.45) is 0 Å². The van der Waals surface area contributed by atoms with E-state index in [-0.39, 0.29) is 35.3 Å². The second-order valence-corrected chi connectivity index (χ2v) is 5.58. The van der Waals surface area contributed by atoms with Crippen molar-refractivity contribution in [2.75, 3.05) is 7.11 Å². The molecule has 0 bridgehead atoms. The quantitative estimate of drug-likeness (QED) is 0.536. The number of aromatic nitrogens is 5. The molecule has 0 aliphatic carbocycles. The number of benzene rings is 2. The van der Waals surface area contributed by atoms with Gasteiger partial charge in [-0.05, 0) is 24.3 Å². The second kappa shape index (κ2) is 7.04. The molecule has 0 amide bonds. The number of rotatable bonds is 5. The predicted octanol–water partition coefficient (Wildman–Crippen LogP) is 3.41. The van der Waals surface area contributed by atoms with E-state index in [0.717, 1.165) is 0 Å². The molecule has 4 rings (SSSR count). The molecule has 0 aliphatic heterocycles. The largest absolute Gasteiger partial charge is 0.378 e. The molecule has 2 aromatic heterocycles. The van der Waals surface area contributed by atoms with E-state index in [9.17, 15) is 8.78 Å². The topological polar surface area (TPSA) is 78.9 Å². The van der Waals surface area contributed by atoms with Crippen molar-refractivity contribution in [3.05, 3.63) is 65.9 Å². The number of nitrogens with zero attached hydrogens (tertiary/aromatic N) is 5. The van der Waals surface area contributed by atoms with E-state index in [1.54, 1.807) is 30.3 Å². The highest BCUT2D eigenvalue weighted by Gasteiger charge is 2.23. The lowest BCUT2D eigenvalue weighted by Crippen LogP contribution is -2.06. The highest BCUT2D eigenvalue weighted by Crippen LogP contribution is 2.27. The van der Waals surface area contributed by atoms with Crippen molar-refractivity contribution in [3.63, 3.8) is 0 Å². The van der Waals surface area contributed by atoms with Crippen LogP contribution in [0.2, 0.25) is 0 Å². The zero-order valence-corrected chi connectivity index (χ0v) is 14.1. The van der Waals surface area contributed by atoms with Gasteiger partial charge in [0.05, 0.1) is 12.2 Å². The summed E-state index contributed by atoms with van der Waals surface area (Å²) in [5.74, 6) is -0.837. The summed E-state index contributed by atoms with van der Waals surface area (Å²) in [6.07, 6.45) is 0. The van der Waals surface area contributed by atoms with E-state index >= 15 is 0 Å². The molecule has 0 spiro atoms. The summed E-state index contributed by atoms with van der Waals surface area (Å²) in [7, 11) is 1.49. The van der Waals surface area contributed by atoms with Crippen LogP contribution in [0.1, 0.15) is 5.69 Å². The molecule has 27 heavy (non-hydrogen) atoms. The Morgan fingerprint density at radius 3 is 2.52 bits per heavy atom. The van der Waals surface area contributed by atoms with Crippen LogP contribution in [-0.4, -0.2) is 32.2 Å². The first-order valence-corrected chi connectivity index (χ1v) is 7.96. The molecule has 0 radical (unpaired) electrons. The molecule has 4 aromatic rings. The van der Waals surface area contributed by atoms with Gasteiger partial charge >= 0.3 is 0 Å². The van der Waals surface area contributed by atoms with Crippen molar-refractivity contribution in [1.82, 2.24) is 25.1 Å². The van der Waals surface area contributed by atoms with E-state index < -0.39 is 11.6 Å². The van der Waals surface area contributed by atoms with Crippen molar-refractivity contribution < 1.29 is 18.0 Å². The fourth-order valence-electron chi connectivity index (χ4n) is 2.62. The van der Waals surface area contributed by atoms with Gasteiger partial charge in [-0.1, -0.05) is 34.6 Å². The Labute approximate surface area is 152 Å². The number of hydrogen-bond acceptors (Lipinski definition) is 6. The van der Waals surface area contributed by atoms with E-state index in [1.807, 2.05) is 0 Å². The van der Waals surface area contributed by atoms with Crippen molar-refractivity contribution in [3.8, 4) is 28.7 Å². The van der Waals surface area contributed by atoms with Crippen molar-refractivity contribution in [1.29, 1.82) is 0 Å². The van der Waals surface area contributed by atoms with Crippen LogP contribution in [0.25, 0.3) is 28.7 Å². The van der Waals surface area contributed by atoms with Gasteiger partial charge in [-0.2, -0.15) is 4.98 Å². The molecule has 2 heterocycles. The van der Waals surface area contributed by atoms with Gasteiger partial charge in [0, 0.05) is 7.11 Å². The highest BCUT2D eigenvalue weighted by molar-refractivity contribution is 5.59. The fraction of sp³-hybridized carbons (Fsp3) is 0.111. The van der Waals surface area contributed by atoms with Gasteiger partial charge in [-0.3, -0.25) is 0 Å². The molecule has 0 atom stereocenters. The third-order valence-electron chi connectivity index (χ3n) is 3.87. The van der Waals surface area contributed by atoms with Gasteiger partial charge < -0.3 is 9.26 Å². The Kier molecular flexibility index (Phi) is 4.43. The molecule has 0 saturated carbocycles. The maximum atomic E-state index is 14.2. The molecule has 9 heteroatoms. The summed E-state index contributed by atoms with van der Waals surface area (Å²) in [5.41, 5.74) is 1.06. The Bertz CT molecular complexity index is 1090. The van der Waals surface area contributed by atoms with Crippen LogP contribution in [0.4, 0.5) is 8.78 Å². The van der Waals surface area contributed by atoms with Crippen molar-refractivity contribution >= 4 is 0 Å². The lowest BCUT2D eigenvalue weighted by Gasteiger charge is -2.06. The van der Waals surface area contributed by atoms with E-state index in [1.165, 1.54) is 30.0 Å². The van der Waals surface area contributed by atoms with Crippen LogP contribution in [-0.2, 0) is 11.3 Å². The monoisotopic (exact) mass is 369 g/mol. The fourth-order valence-corrected chi connectivity index (χ4v) is 2.62. The van der Waals surface area contributed by atoms with Crippen LogP contribution in [0.5, 0.6) is 0 Å². The normalized spacial score (nSPS) is 11.1. The first kappa shape index (κ1) is 17.0. The predicted molar refractivity (Wildman–Crippen MR) is 90.7 cm³/mol. The summed E-state index contributed by atoms with van der Waals surface area (Å²) in [6.45, 7) is 0.0775. The lowest BCUT2D eigenvalue weighted by molar-refractivity contribution is 0.179. The smallest absolute Gasteiger partial charge is 0.280 e. The SMILES string of the molecule is COCc1c(-c2nc(-c3ccccc3F)no2)nnn1-c1ccccc1F. The van der Waals surface area contributed by atoms with Crippen molar-refractivity contribution in [2.45, 2.75) is 6.61 Å². The van der Waals surface area contributed by atoms with Gasteiger partial charge in [0.2, 0.25) is 5.82 Å². The Balaban J connectivity index is 1.79. The molecular weight excluding hydrogens is 356 g/mol. The lowest BCUT2D eigenvalue weighted by atomic mass is 10.2. The maximum absolute atomic E-state index is 14.2. The van der Waals surface area contributed by atoms with Gasteiger partial charge in [0.15, 0.2) is 5.69 Å². The maximum Gasteiger partial charge on any atom is 0.280 e. The average Bonchev–Trinajstić information content (AvgIpc) is 3.30. The molecule has 0 fully saturated rings. The van der Waals surface area contributed by atoms with E-state index in [4.69, 9.17) is 9.26 Å². The zero-order chi connectivity index (χ0) is 18.8. The molecule has 2 aromatic carbocycles. The first-order chi connectivity index (χ1) is 13.2. The molecule has 7 nitrogen and oxygen atoms in total. The summed E-state index contributed by atoms with van der Waals surface area (Å²) in [5, 5.41) is 11.8. The average molecular weight is 369 g/mol. The molecule has 0 saturated heterocycles. The van der Waals surface area contributed by atoms with Crippen LogP contribution in [0, 0.1) is 11.6 Å². The summed E-state index contributed by atoms with van der Waals surface area (Å²) >= 11 is 0. The number of hydrogen-bond donors (Lipinski definition) is 0. The Hall–Kier alpha value is -3.46. The number of ether oxygens (including phenoxy) is 1.